The van der Waals surface area contributed by atoms with Crippen LogP contribution in [0.4, 0.5) is 14.6 Å². The van der Waals surface area contributed by atoms with E-state index in [9.17, 15) is 8.78 Å². The molecular weight excluding hydrogens is 316 g/mol. The number of pyridine rings is 2. The molecule has 3 rings (SSSR count). The van der Waals surface area contributed by atoms with Gasteiger partial charge in [-0.2, -0.15) is 8.78 Å². The van der Waals surface area contributed by atoms with Crippen LogP contribution in [-0.2, 0) is 6.54 Å². The lowest BCUT2D eigenvalue weighted by molar-refractivity contribution is -0.0500. The largest absolute Gasteiger partial charge is 0.497 e. The number of hydrogen-bond acceptors (Lipinski definition) is 5. The van der Waals surface area contributed by atoms with Crippen molar-refractivity contribution in [2.75, 3.05) is 12.4 Å². The van der Waals surface area contributed by atoms with E-state index in [1.807, 2.05) is 30.3 Å². The van der Waals surface area contributed by atoms with Gasteiger partial charge in [0.05, 0.1) is 31.1 Å². The van der Waals surface area contributed by atoms with Crippen LogP contribution in [0.2, 0.25) is 0 Å². The first kappa shape index (κ1) is 15.9. The highest BCUT2D eigenvalue weighted by Crippen LogP contribution is 2.21. The van der Waals surface area contributed by atoms with Crippen molar-refractivity contribution in [3.05, 3.63) is 54.4 Å². The summed E-state index contributed by atoms with van der Waals surface area (Å²) in [7, 11) is 1.62. The normalized spacial score (nSPS) is 10.8. The van der Waals surface area contributed by atoms with E-state index >= 15 is 0 Å². The maximum absolute atomic E-state index is 12.1. The topological polar surface area (TPSA) is 56.3 Å². The Morgan fingerprint density at radius 3 is 2.62 bits per heavy atom. The first-order valence-electron chi connectivity index (χ1n) is 7.22. The second-order valence-electron chi connectivity index (χ2n) is 4.97. The molecule has 0 atom stereocenters. The molecule has 0 aliphatic rings. The highest BCUT2D eigenvalue weighted by Gasteiger charge is 2.05. The zero-order valence-corrected chi connectivity index (χ0v) is 12.9. The lowest BCUT2D eigenvalue weighted by atomic mass is 10.2. The Bertz CT molecular complexity index is 826. The maximum Gasteiger partial charge on any atom is 0.387 e. The Morgan fingerprint density at radius 1 is 1.08 bits per heavy atom. The van der Waals surface area contributed by atoms with E-state index in [1.165, 1.54) is 12.3 Å². The summed E-state index contributed by atoms with van der Waals surface area (Å²) in [6.07, 6.45) is 1.27. The number of halogens is 2. The molecule has 0 fully saturated rings. The van der Waals surface area contributed by atoms with Crippen LogP contribution < -0.4 is 14.8 Å². The number of fused-ring (bicyclic) bond motifs is 1. The van der Waals surface area contributed by atoms with Crippen molar-refractivity contribution in [3.63, 3.8) is 0 Å². The second-order valence-corrected chi connectivity index (χ2v) is 4.97. The van der Waals surface area contributed by atoms with Crippen molar-refractivity contribution < 1.29 is 18.3 Å². The molecule has 0 amide bonds. The Hall–Kier alpha value is -2.96. The number of benzene rings is 1. The minimum absolute atomic E-state index is 0.0338. The molecule has 0 aliphatic heterocycles. The van der Waals surface area contributed by atoms with E-state index in [1.54, 1.807) is 13.2 Å². The van der Waals surface area contributed by atoms with Gasteiger partial charge in [0.1, 0.15) is 17.3 Å². The van der Waals surface area contributed by atoms with Crippen LogP contribution in [-0.4, -0.2) is 23.7 Å². The quantitative estimate of drug-likeness (QED) is 0.743. The van der Waals surface area contributed by atoms with Crippen LogP contribution in [0.25, 0.3) is 10.9 Å². The lowest BCUT2D eigenvalue weighted by Crippen LogP contribution is -2.05. The fraction of sp³-hybridized carbons (Fsp3) is 0.176. The molecule has 2 heterocycles. The Balaban J connectivity index is 1.66. The number of aromatic nitrogens is 2. The minimum Gasteiger partial charge on any atom is -0.497 e. The van der Waals surface area contributed by atoms with E-state index in [4.69, 9.17) is 4.74 Å². The summed E-state index contributed by atoms with van der Waals surface area (Å²) < 4.78 is 33.6. The van der Waals surface area contributed by atoms with Crippen molar-refractivity contribution >= 4 is 16.7 Å². The van der Waals surface area contributed by atoms with E-state index in [-0.39, 0.29) is 5.75 Å². The molecule has 3 aromatic rings. The molecule has 0 saturated carbocycles. The zero-order valence-electron chi connectivity index (χ0n) is 12.9. The summed E-state index contributed by atoms with van der Waals surface area (Å²) in [6.45, 7) is -2.43. The van der Waals surface area contributed by atoms with Gasteiger partial charge in [0.2, 0.25) is 0 Å². The molecule has 0 aliphatic carbocycles. The lowest BCUT2D eigenvalue weighted by Gasteiger charge is -2.08. The third-order valence-electron chi connectivity index (χ3n) is 3.37. The number of ether oxygens (including phenoxy) is 2. The van der Waals surface area contributed by atoms with Gasteiger partial charge in [-0.25, -0.2) is 4.98 Å². The number of methoxy groups -OCH3 is 1. The molecule has 0 spiro atoms. The molecule has 2 aromatic heterocycles. The van der Waals surface area contributed by atoms with Crippen molar-refractivity contribution in [2.24, 2.45) is 0 Å². The number of hydrogen-bond donors (Lipinski definition) is 1. The van der Waals surface area contributed by atoms with Gasteiger partial charge in [-0.3, -0.25) is 4.98 Å². The summed E-state index contributed by atoms with van der Waals surface area (Å²) in [6, 6.07) is 12.5. The van der Waals surface area contributed by atoms with E-state index in [0.717, 1.165) is 16.7 Å². The summed E-state index contributed by atoms with van der Waals surface area (Å²) in [5.74, 6) is 1.51. The van der Waals surface area contributed by atoms with Gasteiger partial charge in [0.25, 0.3) is 0 Å². The Morgan fingerprint density at radius 2 is 1.92 bits per heavy atom. The van der Waals surface area contributed by atoms with Gasteiger partial charge in [0, 0.05) is 5.39 Å². The van der Waals surface area contributed by atoms with Crippen LogP contribution in [0, 0.1) is 0 Å². The van der Waals surface area contributed by atoms with Gasteiger partial charge in [-0.1, -0.05) is 0 Å². The molecule has 5 nitrogen and oxygen atoms in total. The number of nitrogens with one attached hydrogen (secondary N) is 1. The fourth-order valence-corrected chi connectivity index (χ4v) is 2.20. The smallest absolute Gasteiger partial charge is 0.387 e. The Kier molecular flexibility index (Phi) is 4.69. The Labute approximate surface area is 137 Å². The standard InChI is InChI=1S/C17H15F2N3O2/c1-23-13-5-6-15-11(8-13)2-7-16(22-15)21-9-12-3-4-14(10-20-12)24-17(18)19/h2-8,10,17H,9H2,1H3,(H,21,22). The number of rotatable bonds is 6. The minimum atomic E-state index is -2.85. The third kappa shape index (κ3) is 3.87. The molecule has 124 valence electrons. The van der Waals surface area contributed by atoms with Crippen molar-refractivity contribution in [1.82, 2.24) is 9.97 Å². The molecule has 1 N–H and O–H groups in total. The summed E-state index contributed by atoms with van der Waals surface area (Å²) in [5, 5.41) is 4.13. The maximum atomic E-state index is 12.1. The molecule has 7 heteroatoms. The molecule has 1 aromatic carbocycles. The fourth-order valence-electron chi connectivity index (χ4n) is 2.20. The van der Waals surface area contributed by atoms with Crippen molar-refractivity contribution in [3.8, 4) is 11.5 Å². The van der Waals surface area contributed by atoms with Crippen LogP contribution in [0.1, 0.15) is 5.69 Å². The van der Waals surface area contributed by atoms with Crippen LogP contribution in [0.5, 0.6) is 11.5 Å². The summed E-state index contributed by atoms with van der Waals surface area (Å²) >= 11 is 0. The van der Waals surface area contributed by atoms with Crippen LogP contribution in [0.15, 0.2) is 48.7 Å². The first-order valence-corrected chi connectivity index (χ1v) is 7.22. The average molecular weight is 331 g/mol. The molecule has 0 saturated heterocycles. The van der Waals surface area contributed by atoms with Crippen molar-refractivity contribution in [1.29, 1.82) is 0 Å². The van der Waals surface area contributed by atoms with Gasteiger partial charge in [-0.05, 0) is 42.5 Å². The molecule has 0 unspecified atom stereocenters. The molecule has 24 heavy (non-hydrogen) atoms. The highest BCUT2D eigenvalue weighted by atomic mass is 19.3. The number of anilines is 1. The van der Waals surface area contributed by atoms with Gasteiger partial charge >= 0.3 is 6.61 Å². The molecule has 0 bridgehead atoms. The SMILES string of the molecule is COc1ccc2nc(NCc3ccc(OC(F)F)cn3)ccc2c1. The highest BCUT2D eigenvalue weighted by molar-refractivity contribution is 5.81. The van der Waals surface area contributed by atoms with E-state index in [2.05, 4.69) is 20.0 Å². The second kappa shape index (κ2) is 7.08. The molecular formula is C17H15F2N3O2. The number of alkyl halides is 2. The van der Waals surface area contributed by atoms with Crippen molar-refractivity contribution in [2.45, 2.75) is 13.2 Å². The third-order valence-corrected chi connectivity index (χ3v) is 3.37. The van der Waals surface area contributed by atoms with E-state index in [0.29, 0.717) is 18.1 Å². The molecule has 0 radical (unpaired) electrons. The van der Waals surface area contributed by atoms with E-state index < -0.39 is 6.61 Å². The van der Waals surface area contributed by atoms with Gasteiger partial charge < -0.3 is 14.8 Å². The summed E-state index contributed by atoms with van der Waals surface area (Å²) in [4.78, 5) is 8.57. The predicted octanol–water partition coefficient (Wildman–Crippen LogP) is 3.85. The summed E-state index contributed by atoms with van der Waals surface area (Å²) in [5.41, 5.74) is 1.53. The zero-order chi connectivity index (χ0) is 16.9. The van der Waals surface area contributed by atoms with Crippen LogP contribution >= 0.6 is 0 Å². The van der Waals surface area contributed by atoms with Gasteiger partial charge in [-0.15, -0.1) is 0 Å². The number of nitrogens with zero attached hydrogens (tertiary/aromatic N) is 2. The monoisotopic (exact) mass is 331 g/mol. The average Bonchev–Trinajstić information content (AvgIpc) is 2.60. The van der Waals surface area contributed by atoms with Gasteiger partial charge in [0.15, 0.2) is 0 Å². The first-order chi connectivity index (χ1) is 11.6. The van der Waals surface area contributed by atoms with Crippen LogP contribution in [0.3, 0.4) is 0 Å². The predicted molar refractivity (Wildman–Crippen MR) is 86.5 cm³/mol.